The maximum absolute atomic E-state index is 12.1. The number of aromatic nitrogens is 1. The topological polar surface area (TPSA) is 91.3 Å². The smallest absolute Gasteiger partial charge is 0.335 e. The number of aromatic carboxylic acids is 1. The number of thiophene rings is 1. The largest absolute Gasteiger partial charge is 0.478 e. The zero-order valence-electron chi connectivity index (χ0n) is 13.1. The molecule has 0 saturated heterocycles. The lowest BCUT2D eigenvalue weighted by Gasteiger charge is -2.11. The minimum Gasteiger partial charge on any atom is -0.478 e. The van der Waals surface area contributed by atoms with Crippen molar-refractivity contribution in [2.24, 2.45) is 0 Å². The Labute approximate surface area is 148 Å². The van der Waals surface area contributed by atoms with Crippen molar-refractivity contribution in [2.75, 3.05) is 5.32 Å². The Balaban J connectivity index is 1.66. The van der Waals surface area contributed by atoms with E-state index in [0.29, 0.717) is 12.2 Å². The first-order chi connectivity index (χ1) is 12.1. The fourth-order valence-corrected chi connectivity index (χ4v) is 3.00. The van der Waals surface area contributed by atoms with E-state index < -0.39 is 12.0 Å². The van der Waals surface area contributed by atoms with Crippen LogP contribution in [0.2, 0.25) is 0 Å². The second kappa shape index (κ2) is 7.59. The van der Waals surface area contributed by atoms with Crippen LogP contribution in [0.5, 0.6) is 0 Å². The van der Waals surface area contributed by atoms with Crippen LogP contribution in [-0.2, 0) is 6.54 Å². The van der Waals surface area contributed by atoms with E-state index in [-0.39, 0.29) is 5.56 Å². The van der Waals surface area contributed by atoms with E-state index in [0.717, 1.165) is 16.7 Å². The van der Waals surface area contributed by atoms with Crippen molar-refractivity contribution in [3.05, 3.63) is 70.7 Å². The summed E-state index contributed by atoms with van der Waals surface area (Å²) in [5.41, 5.74) is 3.53. The molecule has 2 aromatic heterocycles. The molecular formula is C18H15N3O3S. The summed E-state index contributed by atoms with van der Waals surface area (Å²) in [6.45, 7) is 0.309. The van der Waals surface area contributed by atoms with Gasteiger partial charge in [0.25, 0.3) is 0 Å². The molecule has 0 unspecified atom stereocenters. The van der Waals surface area contributed by atoms with Crippen molar-refractivity contribution in [3.8, 4) is 11.1 Å². The molecule has 25 heavy (non-hydrogen) atoms. The van der Waals surface area contributed by atoms with Crippen molar-refractivity contribution >= 4 is 29.0 Å². The molecule has 126 valence electrons. The summed E-state index contributed by atoms with van der Waals surface area (Å²) in [7, 11) is 0. The molecule has 0 aliphatic carbocycles. The molecule has 7 heteroatoms. The van der Waals surface area contributed by atoms with Crippen molar-refractivity contribution in [3.63, 3.8) is 0 Å². The van der Waals surface area contributed by atoms with Gasteiger partial charge in [-0.05, 0) is 57.8 Å². The van der Waals surface area contributed by atoms with Gasteiger partial charge in [-0.2, -0.15) is 11.3 Å². The highest BCUT2D eigenvalue weighted by Crippen LogP contribution is 2.25. The van der Waals surface area contributed by atoms with Gasteiger partial charge in [0.15, 0.2) is 0 Å². The van der Waals surface area contributed by atoms with Gasteiger partial charge in [0.1, 0.15) is 0 Å². The Kier molecular flexibility index (Phi) is 5.06. The molecule has 0 saturated carbocycles. The number of hydrogen-bond acceptors (Lipinski definition) is 4. The third-order valence-electron chi connectivity index (χ3n) is 3.54. The van der Waals surface area contributed by atoms with E-state index in [1.165, 1.54) is 12.1 Å². The number of carbonyl (C=O) groups is 2. The molecule has 3 rings (SSSR count). The molecule has 0 radical (unpaired) electrons. The van der Waals surface area contributed by atoms with Crippen LogP contribution < -0.4 is 10.6 Å². The number of amides is 2. The number of benzene rings is 1. The lowest BCUT2D eigenvalue weighted by atomic mass is 10.1. The quantitative estimate of drug-likeness (QED) is 0.650. The molecule has 0 aliphatic heterocycles. The molecule has 0 spiro atoms. The van der Waals surface area contributed by atoms with Crippen LogP contribution in [0.1, 0.15) is 15.9 Å². The minimum absolute atomic E-state index is 0.116. The third-order valence-corrected chi connectivity index (χ3v) is 4.23. The number of pyridine rings is 1. The van der Waals surface area contributed by atoms with Gasteiger partial charge in [0.2, 0.25) is 0 Å². The number of carbonyl (C=O) groups excluding carboxylic acids is 1. The number of carboxylic acids is 1. The average molecular weight is 353 g/mol. The Morgan fingerprint density at radius 3 is 2.84 bits per heavy atom. The van der Waals surface area contributed by atoms with Crippen LogP contribution in [0.25, 0.3) is 11.1 Å². The molecule has 0 fully saturated rings. The summed E-state index contributed by atoms with van der Waals surface area (Å²) in [4.78, 5) is 27.2. The van der Waals surface area contributed by atoms with Gasteiger partial charge in [-0.1, -0.05) is 6.07 Å². The SMILES string of the molecule is O=C(NCc1cnccc1-c1ccsc1)Nc1cccc(C(=O)O)c1. The van der Waals surface area contributed by atoms with Gasteiger partial charge in [0, 0.05) is 24.6 Å². The van der Waals surface area contributed by atoms with E-state index >= 15 is 0 Å². The maximum Gasteiger partial charge on any atom is 0.335 e. The van der Waals surface area contributed by atoms with Gasteiger partial charge in [-0.3, -0.25) is 4.98 Å². The van der Waals surface area contributed by atoms with Gasteiger partial charge < -0.3 is 15.7 Å². The monoisotopic (exact) mass is 353 g/mol. The number of nitrogens with zero attached hydrogens (tertiary/aromatic N) is 1. The fraction of sp³-hybridized carbons (Fsp3) is 0.0556. The van der Waals surface area contributed by atoms with E-state index in [9.17, 15) is 9.59 Å². The van der Waals surface area contributed by atoms with Crippen LogP contribution >= 0.6 is 11.3 Å². The molecule has 2 amide bonds. The summed E-state index contributed by atoms with van der Waals surface area (Å²) in [6.07, 6.45) is 3.44. The van der Waals surface area contributed by atoms with Gasteiger partial charge in [0.05, 0.1) is 5.56 Å². The van der Waals surface area contributed by atoms with Crippen molar-refractivity contribution in [2.45, 2.75) is 6.54 Å². The maximum atomic E-state index is 12.1. The average Bonchev–Trinajstić information content (AvgIpc) is 3.15. The molecule has 2 heterocycles. The summed E-state index contributed by atoms with van der Waals surface area (Å²) >= 11 is 1.60. The van der Waals surface area contributed by atoms with Crippen molar-refractivity contribution in [1.29, 1.82) is 0 Å². The predicted octanol–water partition coefficient (Wildman–Crippen LogP) is 3.83. The van der Waals surface area contributed by atoms with Crippen LogP contribution in [0.3, 0.4) is 0 Å². The van der Waals surface area contributed by atoms with Crippen LogP contribution in [0, 0.1) is 0 Å². The Bertz CT molecular complexity index is 894. The number of hydrogen-bond donors (Lipinski definition) is 3. The normalized spacial score (nSPS) is 10.2. The number of urea groups is 1. The molecular weight excluding hydrogens is 338 g/mol. The first-order valence-corrected chi connectivity index (χ1v) is 8.41. The number of rotatable bonds is 5. The highest BCUT2D eigenvalue weighted by molar-refractivity contribution is 7.08. The number of nitrogens with one attached hydrogen (secondary N) is 2. The lowest BCUT2D eigenvalue weighted by Crippen LogP contribution is -2.28. The summed E-state index contributed by atoms with van der Waals surface area (Å²) in [5, 5.41) is 18.4. The van der Waals surface area contributed by atoms with Gasteiger partial charge in [-0.25, -0.2) is 9.59 Å². The molecule has 1 aromatic carbocycles. The molecule has 0 aliphatic rings. The standard InChI is InChI=1S/C18H15N3O3S/c22-17(23)12-2-1-3-15(8-12)21-18(24)20-10-14-9-19-6-4-16(14)13-5-7-25-11-13/h1-9,11H,10H2,(H,22,23)(H2,20,21,24). The molecule has 3 N–H and O–H groups in total. The molecule has 3 aromatic rings. The minimum atomic E-state index is -1.04. The van der Waals surface area contributed by atoms with E-state index in [4.69, 9.17) is 5.11 Å². The van der Waals surface area contributed by atoms with Crippen LogP contribution in [0.15, 0.2) is 59.6 Å². The molecule has 6 nitrogen and oxygen atoms in total. The van der Waals surface area contributed by atoms with Crippen molar-refractivity contribution in [1.82, 2.24) is 10.3 Å². The van der Waals surface area contributed by atoms with Crippen molar-refractivity contribution < 1.29 is 14.7 Å². The Hall–Kier alpha value is -3.19. The second-order valence-corrected chi connectivity index (χ2v) is 6.02. The first-order valence-electron chi connectivity index (χ1n) is 7.47. The highest BCUT2D eigenvalue weighted by Gasteiger charge is 2.09. The fourth-order valence-electron chi connectivity index (χ4n) is 2.35. The van der Waals surface area contributed by atoms with Crippen LogP contribution in [0.4, 0.5) is 10.5 Å². The van der Waals surface area contributed by atoms with Gasteiger partial charge in [-0.15, -0.1) is 0 Å². The molecule has 0 bridgehead atoms. The van der Waals surface area contributed by atoms with Gasteiger partial charge >= 0.3 is 12.0 Å². The van der Waals surface area contributed by atoms with E-state index in [2.05, 4.69) is 15.6 Å². The number of anilines is 1. The predicted molar refractivity (Wildman–Crippen MR) is 96.8 cm³/mol. The zero-order chi connectivity index (χ0) is 17.6. The highest BCUT2D eigenvalue weighted by atomic mass is 32.1. The third kappa shape index (κ3) is 4.21. The zero-order valence-corrected chi connectivity index (χ0v) is 13.9. The summed E-state index contributed by atoms with van der Waals surface area (Å²) in [5.74, 6) is -1.04. The summed E-state index contributed by atoms with van der Waals surface area (Å²) in [6, 6.07) is 9.59. The molecule has 0 atom stereocenters. The van der Waals surface area contributed by atoms with Crippen LogP contribution in [-0.4, -0.2) is 22.1 Å². The Morgan fingerprint density at radius 1 is 1.20 bits per heavy atom. The lowest BCUT2D eigenvalue weighted by molar-refractivity contribution is 0.0697. The second-order valence-electron chi connectivity index (χ2n) is 5.24. The summed E-state index contributed by atoms with van der Waals surface area (Å²) < 4.78 is 0. The van der Waals surface area contributed by atoms with E-state index in [1.54, 1.807) is 35.9 Å². The Morgan fingerprint density at radius 2 is 2.08 bits per heavy atom. The number of carboxylic acid groups (broad SMARTS) is 1. The first kappa shape index (κ1) is 16.7. The van der Waals surface area contributed by atoms with E-state index in [1.807, 2.05) is 22.9 Å².